The number of fused-ring (bicyclic) bond motifs is 1. The van der Waals surface area contributed by atoms with Crippen LogP contribution < -0.4 is 5.56 Å². The second-order valence-corrected chi connectivity index (χ2v) is 10.1. The number of carbonyl (C=O) groups is 2. The quantitative estimate of drug-likeness (QED) is 0.295. The number of thioether (sulfide) groups is 1. The van der Waals surface area contributed by atoms with Crippen LogP contribution in [-0.4, -0.2) is 42.1 Å². The zero-order valence-electron chi connectivity index (χ0n) is 17.6. The Hall–Kier alpha value is -2.95. The first-order valence-electron chi connectivity index (χ1n) is 10.1. The molecule has 3 aromatic rings. The van der Waals surface area contributed by atoms with Gasteiger partial charge in [-0.25, -0.2) is 4.98 Å². The SMILES string of the molecule is Cc1ccc2nc(Sc3ccccc3)c(/C=C3/SC(=S)N(CCCC(=O)O)C3=O)c(=O)n2c1. The molecule has 33 heavy (non-hydrogen) atoms. The molecule has 1 amide bonds. The van der Waals surface area contributed by atoms with E-state index in [0.29, 0.717) is 31.9 Å². The van der Waals surface area contributed by atoms with Gasteiger partial charge in [-0.1, -0.05) is 60.0 Å². The highest BCUT2D eigenvalue weighted by Crippen LogP contribution is 2.35. The van der Waals surface area contributed by atoms with Crippen LogP contribution in [0.1, 0.15) is 24.0 Å². The molecule has 1 aliphatic heterocycles. The van der Waals surface area contributed by atoms with Crippen molar-refractivity contribution < 1.29 is 14.7 Å². The molecule has 0 radical (unpaired) electrons. The third kappa shape index (κ3) is 5.18. The number of carboxylic acid groups (broad SMARTS) is 1. The highest BCUT2D eigenvalue weighted by molar-refractivity contribution is 8.26. The van der Waals surface area contributed by atoms with Gasteiger partial charge in [0.05, 0.1) is 10.5 Å². The average Bonchev–Trinajstić information content (AvgIpc) is 3.05. The van der Waals surface area contributed by atoms with Crippen molar-refractivity contribution >= 4 is 63.7 Å². The lowest BCUT2D eigenvalue weighted by molar-refractivity contribution is -0.137. The number of nitrogens with zero attached hydrogens (tertiary/aromatic N) is 3. The summed E-state index contributed by atoms with van der Waals surface area (Å²) in [5.41, 5.74) is 1.45. The second-order valence-electron chi connectivity index (χ2n) is 7.32. The van der Waals surface area contributed by atoms with Gasteiger partial charge in [-0.15, -0.1) is 0 Å². The summed E-state index contributed by atoms with van der Waals surface area (Å²) < 4.78 is 1.82. The number of pyridine rings is 1. The molecule has 0 spiro atoms. The van der Waals surface area contributed by atoms with Crippen molar-refractivity contribution in [2.75, 3.05) is 6.54 Å². The van der Waals surface area contributed by atoms with Crippen molar-refractivity contribution in [1.29, 1.82) is 0 Å². The Labute approximate surface area is 203 Å². The number of hydrogen-bond acceptors (Lipinski definition) is 7. The molecule has 2 aromatic heterocycles. The Morgan fingerprint density at radius 1 is 1.21 bits per heavy atom. The third-order valence-electron chi connectivity index (χ3n) is 4.85. The highest BCUT2D eigenvalue weighted by Gasteiger charge is 2.32. The number of amides is 1. The minimum Gasteiger partial charge on any atom is -0.481 e. The maximum absolute atomic E-state index is 13.4. The van der Waals surface area contributed by atoms with Gasteiger partial charge < -0.3 is 5.11 Å². The largest absolute Gasteiger partial charge is 0.481 e. The van der Waals surface area contributed by atoms with Crippen molar-refractivity contribution in [2.24, 2.45) is 0 Å². The molecule has 1 fully saturated rings. The van der Waals surface area contributed by atoms with Crippen LogP contribution in [0.3, 0.4) is 0 Å². The molecule has 10 heteroatoms. The summed E-state index contributed by atoms with van der Waals surface area (Å²) in [4.78, 5) is 44.5. The van der Waals surface area contributed by atoms with E-state index in [1.54, 1.807) is 18.3 Å². The van der Waals surface area contributed by atoms with E-state index in [9.17, 15) is 14.4 Å². The number of thiocarbonyl (C=S) groups is 1. The first-order chi connectivity index (χ1) is 15.8. The zero-order chi connectivity index (χ0) is 23.5. The van der Waals surface area contributed by atoms with Gasteiger partial charge in [0.25, 0.3) is 11.5 Å². The lowest BCUT2D eigenvalue weighted by Gasteiger charge is -2.13. The predicted octanol–water partition coefficient (Wildman–Crippen LogP) is 4.22. The van der Waals surface area contributed by atoms with E-state index in [2.05, 4.69) is 0 Å². The van der Waals surface area contributed by atoms with Crippen LogP contribution in [-0.2, 0) is 9.59 Å². The van der Waals surface area contributed by atoms with Gasteiger partial charge in [0, 0.05) is 24.1 Å². The number of benzene rings is 1. The number of aliphatic carboxylic acids is 1. The Bertz CT molecular complexity index is 1350. The fourth-order valence-corrected chi connectivity index (χ4v) is 5.45. The lowest BCUT2D eigenvalue weighted by atomic mass is 10.2. The summed E-state index contributed by atoms with van der Waals surface area (Å²) in [5.74, 6) is -1.26. The van der Waals surface area contributed by atoms with Crippen LogP contribution in [0.15, 0.2) is 68.3 Å². The molecule has 4 rings (SSSR count). The number of hydrogen-bond donors (Lipinski definition) is 1. The molecule has 3 heterocycles. The summed E-state index contributed by atoms with van der Waals surface area (Å²) in [6.07, 6.45) is 3.51. The van der Waals surface area contributed by atoms with Gasteiger partial charge >= 0.3 is 5.97 Å². The van der Waals surface area contributed by atoms with Crippen molar-refractivity contribution in [2.45, 2.75) is 29.7 Å². The first-order valence-corrected chi connectivity index (χ1v) is 12.1. The third-order valence-corrected chi connectivity index (χ3v) is 7.24. The monoisotopic (exact) mass is 497 g/mol. The molecule has 0 bridgehead atoms. The number of aromatic nitrogens is 2. The van der Waals surface area contributed by atoms with E-state index in [1.807, 2.05) is 43.3 Å². The van der Waals surface area contributed by atoms with Crippen LogP contribution in [0.5, 0.6) is 0 Å². The van der Waals surface area contributed by atoms with E-state index in [-0.39, 0.29) is 24.4 Å². The summed E-state index contributed by atoms with van der Waals surface area (Å²) in [7, 11) is 0. The number of carboxylic acids is 1. The van der Waals surface area contributed by atoms with Crippen LogP contribution in [0.4, 0.5) is 0 Å². The van der Waals surface area contributed by atoms with E-state index in [0.717, 1.165) is 22.2 Å². The molecule has 1 N–H and O–H groups in total. The Balaban J connectivity index is 1.76. The Morgan fingerprint density at radius 2 is 1.97 bits per heavy atom. The second kappa shape index (κ2) is 9.90. The fourth-order valence-electron chi connectivity index (χ4n) is 3.25. The molecule has 1 saturated heterocycles. The summed E-state index contributed by atoms with van der Waals surface area (Å²) in [6, 6.07) is 13.2. The van der Waals surface area contributed by atoms with Crippen molar-refractivity contribution in [3.63, 3.8) is 0 Å². The minimum absolute atomic E-state index is 0.0523. The van der Waals surface area contributed by atoms with Gasteiger partial charge in [0.1, 0.15) is 15.0 Å². The summed E-state index contributed by atoms with van der Waals surface area (Å²) in [6.45, 7) is 2.11. The molecule has 0 unspecified atom stereocenters. The van der Waals surface area contributed by atoms with Crippen LogP contribution >= 0.6 is 35.7 Å². The number of carbonyl (C=O) groups excluding carboxylic acids is 1. The van der Waals surface area contributed by atoms with E-state index in [4.69, 9.17) is 22.3 Å². The number of aryl methyl sites for hydroxylation is 1. The van der Waals surface area contributed by atoms with E-state index in [1.165, 1.54) is 21.1 Å². The van der Waals surface area contributed by atoms with Crippen molar-refractivity contribution in [3.05, 3.63) is 75.0 Å². The summed E-state index contributed by atoms with van der Waals surface area (Å²) >= 11 is 7.78. The molecule has 168 valence electrons. The van der Waals surface area contributed by atoms with Crippen molar-refractivity contribution in [3.8, 4) is 0 Å². The smallest absolute Gasteiger partial charge is 0.303 e. The first kappa shape index (κ1) is 23.2. The molecular weight excluding hydrogens is 478 g/mol. The maximum Gasteiger partial charge on any atom is 0.303 e. The Kier molecular flexibility index (Phi) is 6.96. The van der Waals surface area contributed by atoms with Crippen LogP contribution in [0.2, 0.25) is 0 Å². The number of rotatable bonds is 7. The van der Waals surface area contributed by atoms with Gasteiger partial charge in [0.2, 0.25) is 0 Å². The standard InChI is InChI=1S/C23H19N3O4S3/c1-14-9-10-18-24-20(32-15-6-3-2-4-7-15)16(21(29)26(18)13-14)12-17-22(30)25(23(31)33-17)11-5-8-19(27)28/h2-4,6-7,9-10,12-13H,5,8,11H2,1H3,(H,27,28)/b17-12+. The highest BCUT2D eigenvalue weighted by atomic mass is 32.2. The predicted molar refractivity (Wildman–Crippen MR) is 134 cm³/mol. The van der Waals surface area contributed by atoms with E-state index >= 15 is 0 Å². The fraction of sp³-hybridized carbons (Fsp3) is 0.174. The van der Waals surface area contributed by atoms with Gasteiger partial charge in [-0.2, -0.15) is 0 Å². The zero-order valence-corrected chi connectivity index (χ0v) is 20.0. The molecule has 0 atom stereocenters. The topological polar surface area (TPSA) is 92.0 Å². The summed E-state index contributed by atoms with van der Waals surface area (Å²) in [5, 5.41) is 9.35. The lowest BCUT2D eigenvalue weighted by Crippen LogP contribution is -2.29. The molecule has 1 aliphatic rings. The van der Waals surface area contributed by atoms with E-state index < -0.39 is 5.97 Å². The molecular formula is C23H19N3O4S3. The van der Waals surface area contributed by atoms with Gasteiger partial charge in [0.15, 0.2) is 0 Å². The normalized spacial score (nSPS) is 15.1. The van der Waals surface area contributed by atoms with Crippen LogP contribution in [0, 0.1) is 6.92 Å². The maximum atomic E-state index is 13.4. The van der Waals surface area contributed by atoms with Gasteiger partial charge in [-0.05, 0) is 43.2 Å². The average molecular weight is 498 g/mol. The minimum atomic E-state index is -0.927. The molecule has 1 aromatic carbocycles. The van der Waals surface area contributed by atoms with Gasteiger partial charge in [-0.3, -0.25) is 23.7 Å². The molecule has 0 saturated carbocycles. The Morgan fingerprint density at radius 3 is 2.70 bits per heavy atom. The van der Waals surface area contributed by atoms with Crippen LogP contribution in [0.25, 0.3) is 11.7 Å². The van der Waals surface area contributed by atoms with Crippen molar-refractivity contribution in [1.82, 2.24) is 14.3 Å². The molecule has 7 nitrogen and oxygen atoms in total. The molecule has 0 aliphatic carbocycles.